The van der Waals surface area contributed by atoms with Gasteiger partial charge in [0.25, 0.3) is 5.82 Å². The second-order valence-electron chi connectivity index (χ2n) is 3.36. The first-order valence-electron chi connectivity index (χ1n) is 4.36. The largest absolute Gasteiger partial charge is 0.399 e. The van der Waals surface area contributed by atoms with Crippen molar-refractivity contribution in [2.45, 2.75) is 0 Å². The van der Waals surface area contributed by atoms with Crippen LogP contribution in [0.25, 0.3) is 10.9 Å². The Hall–Kier alpha value is -1.79. The highest BCUT2D eigenvalue weighted by molar-refractivity contribution is 5.77. The highest BCUT2D eigenvalue weighted by Crippen LogP contribution is 2.25. The lowest BCUT2D eigenvalue weighted by Gasteiger charge is -2.03. The van der Waals surface area contributed by atoms with E-state index in [9.17, 15) is 26.3 Å². The summed E-state index contributed by atoms with van der Waals surface area (Å²) in [7, 11) is 0.928. The molecule has 0 saturated carbocycles. The lowest BCUT2D eigenvalue weighted by atomic mass is 10.1. The van der Waals surface area contributed by atoms with Crippen molar-refractivity contribution in [2.75, 3.05) is 0 Å². The number of halogens is 6. The molecule has 0 unspecified atom stereocenters. The molecule has 0 aliphatic carbocycles. The molecule has 0 aliphatic heterocycles. The second kappa shape index (κ2) is 3.61. The minimum Gasteiger partial charge on any atom is -0.203 e. The minimum atomic E-state index is -1.95. The summed E-state index contributed by atoms with van der Waals surface area (Å²) >= 11 is 0. The monoisotopic (exact) mass is 252 g/mol. The van der Waals surface area contributed by atoms with Gasteiger partial charge in [-0.25, -0.2) is 17.6 Å². The van der Waals surface area contributed by atoms with Gasteiger partial charge in [-0.3, -0.25) is 0 Å². The Balaban J connectivity index is 3.12. The van der Waals surface area contributed by atoms with Gasteiger partial charge in [-0.1, -0.05) is 0 Å². The van der Waals surface area contributed by atoms with E-state index >= 15 is 0 Å². The zero-order valence-corrected chi connectivity index (χ0v) is 8.29. The van der Waals surface area contributed by atoms with Crippen LogP contribution in [0.2, 0.25) is 0 Å². The Labute approximate surface area is 90.9 Å². The zero-order chi connectivity index (χ0) is 12.9. The number of hydrogen-bond donors (Lipinski definition) is 0. The Morgan fingerprint density at radius 1 is 0.824 bits per heavy atom. The van der Waals surface area contributed by atoms with E-state index < -0.39 is 45.9 Å². The summed E-state index contributed by atoms with van der Waals surface area (Å²) in [4.78, 5) is 0. The first-order valence-corrected chi connectivity index (χ1v) is 4.36. The molecule has 0 radical (unpaired) electrons. The van der Waals surface area contributed by atoms with Gasteiger partial charge in [-0.05, 0) is 0 Å². The van der Waals surface area contributed by atoms with E-state index in [4.69, 9.17) is 0 Å². The molecule has 7 heteroatoms. The maximum Gasteiger partial charge on any atom is 0.399 e. The van der Waals surface area contributed by atoms with E-state index in [1.807, 2.05) is 0 Å². The van der Waals surface area contributed by atoms with Gasteiger partial charge < -0.3 is 0 Å². The van der Waals surface area contributed by atoms with Crippen molar-refractivity contribution < 1.29 is 30.9 Å². The SMILES string of the molecule is C[n+]1c(F)c(F)c(F)c2c(F)c(F)c(F)cc21. The number of benzene rings is 1. The van der Waals surface area contributed by atoms with Gasteiger partial charge in [0.1, 0.15) is 12.4 Å². The molecule has 1 nitrogen and oxygen atoms in total. The number of hydrogen-bond acceptors (Lipinski definition) is 0. The summed E-state index contributed by atoms with van der Waals surface area (Å²) < 4.78 is 78.7. The normalized spacial score (nSPS) is 11.2. The fraction of sp³-hybridized carbons (Fsp3) is 0.100. The van der Waals surface area contributed by atoms with Crippen LogP contribution in [0.5, 0.6) is 0 Å². The van der Waals surface area contributed by atoms with Gasteiger partial charge in [-0.15, -0.1) is 4.39 Å². The lowest BCUT2D eigenvalue weighted by Crippen LogP contribution is -2.36. The first-order chi connectivity index (χ1) is 7.86. The van der Waals surface area contributed by atoms with Crippen LogP contribution >= 0.6 is 0 Å². The molecular formula is C10H4F6N+. The molecule has 0 aliphatic rings. The predicted molar refractivity (Wildman–Crippen MR) is 44.9 cm³/mol. The molecular weight excluding hydrogens is 248 g/mol. The molecule has 0 N–H and O–H groups in total. The zero-order valence-electron chi connectivity index (χ0n) is 8.29. The Morgan fingerprint density at radius 2 is 1.35 bits per heavy atom. The highest BCUT2D eigenvalue weighted by Gasteiger charge is 2.30. The number of rotatable bonds is 0. The van der Waals surface area contributed by atoms with Gasteiger partial charge in [0.05, 0.1) is 0 Å². The van der Waals surface area contributed by atoms with E-state index in [0.29, 0.717) is 10.6 Å². The quantitative estimate of drug-likeness (QED) is 0.293. The van der Waals surface area contributed by atoms with E-state index in [0.717, 1.165) is 7.05 Å². The van der Waals surface area contributed by atoms with Crippen molar-refractivity contribution in [1.82, 2.24) is 0 Å². The van der Waals surface area contributed by atoms with Crippen LogP contribution < -0.4 is 4.57 Å². The van der Waals surface area contributed by atoms with Crippen LogP contribution in [0.4, 0.5) is 26.3 Å². The molecule has 0 fully saturated rings. The lowest BCUT2D eigenvalue weighted by molar-refractivity contribution is -0.677. The third kappa shape index (κ3) is 1.45. The summed E-state index contributed by atoms with van der Waals surface area (Å²) in [6.07, 6.45) is 0. The molecule has 90 valence electrons. The highest BCUT2D eigenvalue weighted by atomic mass is 19.2. The van der Waals surface area contributed by atoms with E-state index in [-0.39, 0.29) is 0 Å². The summed E-state index contributed by atoms with van der Waals surface area (Å²) in [5.74, 6) is -10.9. The maximum absolute atomic E-state index is 13.3. The number of aryl methyl sites for hydroxylation is 1. The average molecular weight is 252 g/mol. The summed E-state index contributed by atoms with van der Waals surface area (Å²) in [5, 5.41) is -1.13. The van der Waals surface area contributed by atoms with Crippen molar-refractivity contribution in [3.05, 3.63) is 41.1 Å². The van der Waals surface area contributed by atoms with Gasteiger partial charge >= 0.3 is 5.95 Å². The van der Waals surface area contributed by atoms with Gasteiger partial charge in [0.15, 0.2) is 23.3 Å². The van der Waals surface area contributed by atoms with Crippen molar-refractivity contribution >= 4 is 10.9 Å². The molecule has 0 atom stereocenters. The molecule has 2 rings (SSSR count). The standard InChI is InChI=1S/C10H4F6N/c1-17-4-2-3(11)6(12)7(13)5(4)8(14)9(15)10(17)16/h2H,1H3/q+1. The van der Waals surface area contributed by atoms with E-state index in [1.165, 1.54) is 0 Å². The van der Waals surface area contributed by atoms with E-state index in [2.05, 4.69) is 0 Å². The van der Waals surface area contributed by atoms with Crippen LogP contribution in [-0.4, -0.2) is 0 Å². The Bertz CT molecular complexity index is 629. The fourth-order valence-corrected chi connectivity index (χ4v) is 1.51. The first kappa shape index (κ1) is 11.7. The van der Waals surface area contributed by atoms with Crippen LogP contribution in [0.1, 0.15) is 0 Å². The van der Waals surface area contributed by atoms with Gasteiger partial charge in [-0.2, -0.15) is 8.96 Å². The summed E-state index contributed by atoms with van der Waals surface area (Å²) in [6, 6.07) is 0.388. The average Bonchev–Trinajstić information content (AvgIpc) is 2.30. The van der Waals surface area contributed by atoms with Crippen molar-refractivity contribution in [3.8, 4) is 0 Å². The molecule has 1 aromatic carbocycles. The molecule has 0 amide bonds. The Kier molecular flexibility index (Phi) is 2.48. The van der Waals surface area contributed by atoms with Gasteiger partial charge in [0, 0.05) is 6.07 Å². The van der Waals surface area contributed by atoms with E-state index in [1.54, 1.807) is 0 Å². The van der Waals surface area contributed by atoms with Crippen LogP contribution in [0.15, 0.2) is 6.07 Å². The smallest absolute Gasteiger partial charge is 0.203 e. The molecule has 1 heterocycles. The molecule has 0 saturated heterocycles. The number of fused-ring (bicyclic) bond motifs is 1. The minimum absolute atomic E-state index is 0.388. The predicted octanol–water partition coefficient (Wildman–Crippen LogP) is 2.50. The van der Waals surface area contributed by atoms with Crippen LogP contribution in [0.3, 0.4) is 0 Å². The topological polar surface area (TPSA) is 3.88 Å². The van der Waals surface area contributed by atoms with Crippen LogP contribution in [-0.2, 0) is 7.05 Å². The Morgan fingerprint density at radius 3 is 1.94 bits per heavy atom. The van der Waals surface area contributed by atoms with Crippen LogP contribution in [0, 0.1) is 35.0 Å². The number of aromatic nitrogens is 1. The van der Waals surface area contributed by atoms with Crippen molar-refractivity contribution in [1.29, 1.82) is 0 Å². The fourth-order valence-electron chi connectivity index (χ4n) is 1.51. The van der Waals surface area contributed by atoms with Crippen molar-refractivity contribution in [2.24, 2.45) is 7.05 Å². The molecule has 0 bridgehead atoms. The maximum atomic E-state index is 13.3. The number of nitrogens with zero attached hydrogens (tertiary/aromatic N) is 1. The molecule has 0 spiro atoms. The summed E-state index contributed by atoms with van der Waals surface area (Å²) in [6.45, 7) is 0. The van der Waals surface area contributed by atoms with Gasteiger partial charge in [0.2, 0.25) is 5.52 Å². The molecule has 2 aromatic rings. The molecule has 1 aromatic heterocycles. The summed E-state index contributed by atoms with van der Waals surface area (Å²) in [5.41, 5.74) is -0.627. The second-order valence-corrected chi connectivity index (χ2v) is 3.36. The number of pyridine rings is 1. The molecule has 17 heavy (non-hydrogen) atoms. The van der Waals surface area contributed by atoms with Crippen molar-refractivity contribution in [3.63, 3.8) is 0 Å². The third-order valence-corrected chi connectivity index (χ3v) is 2.39. The third-order valence-electron chi connectivity index (χ3n) is 2.39.